The summed E-state index contributed by atoms with van der Waals surface area (Å²) in [6, 6.07) is 17.4. The molecular weight excluding hydrogens is 451 g/mol. The van der Waals surface area contributed by atoms with Crippen molar-refractivity contribution in [2.24, 2.45) is 0 Å². The maximum absolute atomic E-state index is 13.4. The maximum Gasteiger partial charge on any atom is 0.326 e. The molecule has 0 aliphatic rings. The number of carbonyl (C=O) groups excluding carboxylic acids is 2. The van der Waals surface area contributed by atoms with Crippen molar-refractivity contribution in [3.05, 3.63) is 78.1 Å². The van der Waals surface area contributed by atoms with Crippen LogP contribution in [0.3, 0.4) is 0 Å². The van der Waals surface area contributed by atoms with E-state index in [9.17, 15) is 14.0 Å². The number of hydrogen-bond donors (Lipinski definition) is 3. The Hall–Kier alpha value is -4.27. The van der Waals surface area contributed by atoms with E-state index in [4.69, 9.17) is 9.47 Å². The Balaban J connectivity index is 1.58. The van der Waals surface area contributed by atoms with Crippen LogP contribution >= 0.6 is 0 Å². The number of rotatable bonds is 9. The highest BCUT2D eigenvalue weighted by Crippen LogP contribution is 2.28. The molecule has 9 heteroatoms. The lowest BCUT2D eigenvalue weighted by Crippen LogP contribution is -2.38. The molecule has 0 bridgehead atoms. The summed E-state index contributed by atoms with van der Waals surface area (Å²) >= 11 is 0. The van der Waals surface area contributed by atoms with Gasteiger partial charge >= 0.3 is 12.1 Å². The second-order valence-electron chi connectivity index (χ2n) is 7.73. The standard InChI is InChI=1S/C26H29FN4O4/c1-18-6-4-7-20(16-18)29-26(33)31(21-10-8-19(27)9-11-21)15-5-14-28-25(32)30-23-13-12-22(34-2)17-24(23)35-3/h4,6-13,16-17H,5,14-15H2,1-3H3,(H,29,33)(H2,28,30,32). The fourth-order valence-electron chi connectivity index (χ4n) is 3.39. The molecule has 0 radical (unpaired) electrons. The van der Waals surface area contributed by atoms with Crippen LogP contribution in [-0.4, -0.2) is 39.4 Å². The van der Waals surface area contributed by atoms with E-state index in [2.05, 4.69) is 16.0 Å². The average Bonchev–Trinajstić information content (AvgIpc) is 2.85. The summed E-state index contributed by atoms with van der Waals surface area (Å²) in [5.74, 6) is 0.688. The average molecular weight is 481 g/mol. The van der Waals surface area contributed by atoms with Crippen molar-refractivity contribution in [2.45, 2.75) is 13.3 Å². The molecule has 184 valence electrons. The van der Waals surface area contributed by atoms with Crippen LogP contribution in [0.2, 0.25) is 0 Å². The van der Waals surface area contributed by atoms with E-state index >= 15 is 0 Å². The van der Waals surface area contributed by atoms with Crippen LogP contribution in [0.15, 0.2) is 66.7 Å². The third kappa shape index (κ3) is 7.36. The van der Waals surface area contributed by atoms with Gasteiger partial charge in [-0.2, -0.15) is 0 Å². The van der Waals surface area contributed by atoms with Crippen molar-refractivity contribution in [1.82, 2.24) is 5.32 Å². The molecule has 3 N–H and O–H groups in total. The lowest BCUT2D eigenvalue weighted by atomic mass is 10.2. The molecule has 0 aliphatic carbocycles. The first kappa shape index (κ1) is 25.4. The summed E-state index contributed by atoms with van der Waals surface area (Å²) in [6.07, 6.45) is 0.464. The molecule has 0 fully saturated rings. The zero-order valence-electron chi connectivity index (χ0n) is 19.9. The summed E-state index contributed by atoms with van der Waals surface area (Å²) < 4.78 is 23.9. The third-order valence-corrected chi connectivity index (χ3v) is 5.15. The normalized spacial score (nSPS) is 10.3. The Morgan fingerprint density at radius 1 is 0.943 bits per heavy atom. The predicted molar refractivity (Wildman–Crippen MR) is 135 cm³/mol. The number of hydrogen-bond acceptors (Lipinski definition) is 4. The Kier molecular flexibility index (Phi) is 8.89. The monoisotopic (exact) mass is 480 g/mol. The van der Waals surface area contributed by atoms with Gasteiger partial charge in [0.15, 0.2) is 0 Å². The number of halogens is 1. The van der Waals surface area contributed by atoms with E-state index in [1.165, 1.54) is 24.1 Å². The fraction of sp³-hybridized carbons (Fsp3) is 0.231. The predicted octanol–water partition coefficient (Wildman–Crippen LogP) is 5.40. The van der Waals surface area contributed by atoms with E-state index in [-0.39, 0.29) is 11.8 Å². The molecule has 0 heterocycles. The molecule has 3 rings (SSSR count). The van der Waals surface area contributed by atoms with Crippen LogP contribution in [0, 0.1) is 12.7 Å². The van der Waals surface area contributed by atoms with Gasteiger partial charge in [-0.3, -0.25) is 4.90 Å². The molecule has 0 atom stereocenters. The highest BCUT2D eigenvalue weighted by atomic mass is 19.1. The van der Waals surface area contributed by atoms with E-state index in [0.717, 1.165) is 5.56 Å². The minimum absolute atomic E-state index is 0.301. The number of amides is 4. The third-order valence-electron chi connectivity index (χ3n) is 5.15. The molecule has 3 aromatic carbocycles. The van der Waals surface area contributed by atoms with Gasteiger partial charge in [-0.15, -0.1) is 0 Å². The molecule has 4 amide bonds. The van der Waals surface area contributed by atoms with Gasteiger partial charge < -0.3 is 25.4 Å². The zero-order valence-corrected chi connectivity index (χ0v) is 19.9. The minimum Gasteiger partial charge on any atom is -0.497 e. The fourth-order valence-corrected chi connectivity index (χ4v) is 3.39. The van der Waals surface area contributed by atoms with Crippen molar-refractivity contribution in [3.8, 4) is 11.5 Å². The highest BCUT2D eigenvalue weighted by molar-refractivity contribution is 6.01. The first-order valence-electron chi connectivity index (χ1n) is 11.1. The molecule has 3 aromatic rings. The van der Waals surface area contributed by atoms with Gasteiger partial charge in [-0.25, -0.2) is 14.0 Å². The lowest BCUT2D eigenvalue weighted by Gasteiger charge is -2.23. The lowest BCUT2D eigenvalue weighted by molar-refractivity contribution is 0.252. The SMILES string of the molecule is COc1ccc(NC(=O)NCCCN(C(=O)Nc2cccc(C)c2)c2ccc(F)cc2)c(OC)c1. The van der Waals surface area contributed by atoms with E-state index in [1.54, 1.807) is 43.5 Å². The van der Waals surface area contributed by atoms with Crippen LogP contribution in [0.4, 0.5) is 31.0 Å². The van der Waals surface area contributed by atoms with Crippen molar-refractivity contribution >= 4 is 29.1 Å². The zero-order chi connectivity index (χ0) is 25.2. The number of carbonyl (C=O) groups is 2. The summed E-state index contributed by atoms with van der Waals surface area (Å²) in [6.45, 7) is 2.54. The molecule has 8 nitrogen and oxygen atoms in total. The van der Waals surface area contributed by atoms with Crippen LogP contribution in [-0.2, 0) is 0 Å². The van der Waals surface area contributed by atoms with Crippen molar-refractivity contribution in [2.75, 3.05) is 42.8 Å². The number of nitrogens with one attached hydrogen (secondary N) is 3. The van der Waals surface area contributed by atoms with Gasteiger partial charge in [-0.1, -0.05) is 12.1 Å². The maximum atomic E-state index is 13.4. The quantitative estimate of drug-likeness (QED) is 0.358. The molecule has 0 unspecified atom stereocenters. The Bertz CT molecular complexity index is 1150. The number of anilines is 3. The Morgan fingerprint density at radius 3 is 2.40 bits per heavy atom. The number of nitrogens with zero attached hydrogens (tertiary/aromatic N) is 1. The number of urea groups is 2. The summed E-state index contributed by atoms with van der Waals surface area (Å²) in [4.78, 5) is 26.9. The van der Waals surface area contributed by atoms with Crippen molar-refractivity contribution in [3.63, 3.8) is 0 Å². The van der Waals surface area contributed by atoms with E-state index in [0.29, 0.717) is 48.1 Å². The smallest absolute Gasteiger partial charge is 0.326 e. The summed E-state index contributed by atoms with van der Waals surface area (Å²) in [5.41, 5.74) is 2.72. The highest BCUT2D eigenvalue weighted by Gasteiger charge is 2.16. The number of benzene rings is 3. The van der Waals surface area contributed by atoms with Gasteiger partial charge in [0.1, 0.15) is 17.3 Å². The molecule has 0 spiro atoms. The van der Waals surface area contributed by atoms with E-state index < -0.39 is 6.03 Å². The van der Waals surface area contributed by atoms with Gasteiger partial charge in [0.2, 0.25) is 0 Å². The van der Waals surface area contributed by atoms with Gasteiger partial charge in [0, 0.05) is 30.5 Å². The Labute approximate surface area is 204 Å². The first-order chi connectivity index (χ1) is 16.9. The van der Waals surface area contributed by atoms with Crippen LogP contribution in [0.5, 0.6) is 11.5 Å². The van der Waals surface area contributed by atoms with Crippen LogP contribution in [0.1, 0.15) is 12.0 Å². The molecule has 0 aliphatic heterocycles. The van der Waals surface area contributed by atoms with Crippen LogP contribution < -0.4 is 30.3 Å². The Morgan fingerprint density at radius 2 is 1.71 bits per heavy atom. The van der Waals surface area contributed by atoms with Gasteiger partial charge in [0.05, 0.1) is 19.9 Å². The number of ether oxygens (including phenoxy) is 2. The largest absolute Gasteiger partial charge is 0.497 e. The molecule has 0 saturated heterocycles. The van der Waals surface area contributed by atoms with Crippen molar-refractivity contribution < 1.29 is 23.5 Å². The van der Waals surface area contributed by atoms with Crippen LogP contribution in [0.25, 0.3) is 0 Å². The summed E-state index contributed by atoms with van der Waals surface area (Å²) in [7, 11) is 3.05. The topological polar surface area (TPSA) is 91.9 Å². The number of aryl methyl sites for hydroxylation is 1. The minimum atomic E-state index is -0.411. The molecular formula is C26H29FN4O4. The molecule has 0 saturated carbocycles. The second-order valence-corrected chi connectivity index (χ2v) is 7.73. The number of methoxy groups -OCH3 is 2. The summed E-state index contributed by atoms with van der Waals surface area (Å²) in [5, 5.41) is 8.37. The van der Waals surface area contributed by atoms with Gasteiger partial charge in [-0.05, 0) is 67.4 Å². The molecule has 0 aromatic heterocycles. The first-order valence-corrected chi connectivity index (χ1v) is 11.1. The van der Waals surface area contributed by atoms with Crippen molar-refractivity contribution in [1.29, 1.82) is 0 Å². The molecule has 35 heavy (non-hydrogen) atoms. The van der Waals surface area contributed by atoms with Gasteiger partial charge in [0.25, 0.3) is 0 Å². The van der Waals surface area contributed by atoms with E-state index in [1.807, 2.05) is 25.1 Å². The second kappa shape index (κ2) is 12.3.